The quantitative estimate of drug-likeness (QED) is 0.426. The highest BCUT2D eigenvalue weighted by molar-refractivity contribution is 5.91. The minimum atomic E-state index is -1.63. The van der Waals surface area contributed by atoms with Crippen molar-refractivity contribution in [3.63, 3.8) is 0 Å². The second kappa shape index (κ2) is 10.9. The largest absolute Gasteiger partial charge is 0.452 e. The van der Waals surface area contributed by atoms with Gasteiger partial charge in [0.2, 0.25) is 0 Å². The molecule has 3 aromatic rings. The van der Waals surface area contributed by atoms with Crippen LogP contribution in [0, 0.1) is 0 Å². The zero-order valence-electron chi connectivity index (χ0n) is 18.9. The van der Waals surface area contributed by atoms with Crippen molar-refractivity contribution >= 4 is 17.9 Å². The van der Waals surface area contributed by atoms with E-state index in [1.54, 1.807) is 97.9 Å². The summed E-state index contributed by atoms with van der Waals surface area (Å²) in [6.45, 7) is 1.56. The molecule has 5 atom stereocenters. The fourth-order valence-corrected chi connectivity index (χ4v) is 3.71. The van der Waals surface area contributed by atoms with E-state index < -0.39 is 48.6 Å². The molecule has 1 heterocycles. The fourth-order valence-electron chi connectivity index (χ4n) is 3.71. The van der Waals surface area contributed by atoms with Gasteiger partial charge in [-0.15, -0.1) is 0 Å². The van der Waals surface area contributed by atoms with Crippen LogP contribution in [-0.2, 0) is 18.9 Å². The van der Waals surface area contributed by atoms with E-state index in [0.29, 0.717) is 0 Å². The smallest absolute Gasteiger partial charge is 0.338 e. The molecule has 0 bridgehead atoms. The number of carbonyl (C=O) groups excluding carboxylic acids is 3. The van der Waals surface area contributed by atoms with E-state index in [4.69, 9.17) is 18.9 Å². The maximum atomic E-state index is 12.9. The zero-order chi connectivity index (χ0) is 24.8. The predicted octanol–water partition coefficient (Wildman–Crippen LogP) is 3.40. The summed E-state index contributed by atoms with van der Waals surface area (Å²) in [5.74, 6) is -2.18. The average molecular weight is 476 g/mol. The van der Waals surface area contributed by atoms with E-state index in [0.717, 1.165) is 0 Å². The fraction of sp³-hybridized carbons (Fsp3) is 0.222. The summed E-state index contributed by atoms with van der Waals surface area (Å²) in [5, 5.41) is 10.6. The third-order valence-corrected chi connectivity index (χ3v) is 5.50. The Hall–Kier alpha value is -4.01. The molecule has 0 unspecified atom stereocenters. The highest BCUT2D eigenvalue weighted by atomic mass is 16.7. The van der Waals surface area contributed by atoms with E-state index in [2.05, 4.69) is 0 Å². The Morgan fingerprint density at radius 2 is 0.943 bits per heavy atom. The van der Waals surface area contributed by atoms with Gasteiger partial charge in [-0.2, -0.15) is 0 Å². The lowest BCUT2D eigenvalue weighted by Gasteiger charge is -2.42. The third-order valence-electron chi connectivity index (χ3n) is 5.50. The summed E-state index contributed by atoms with van der Waals surface area (Å²) in [5.41, 5.74) is 0.739. The summed E-state index contributed by atoms with van der Waals surface area (Å²) in [7, 11) is 0. The number of carbonyl (C=O) groups is 3. The Balaban J connectivity index is 1.63. The van der Waals surface area contributed by atoms with Crippen molar-refractivity contribution in [3.05, 3.63) is 108 Å². The first-order valence-electron chi connectivity index (χ1n) is 11.1. The molecule has 180 valence electrons. The van der Waals surface area contributed by atoms with Crippen LogP contribution in [-0.4, -0.2) is 53.7 Å². The van der Waals surface area contributed by atoms with Crippen molar-refractivity contribution in [1.29, 1.82) is 0 Å². The van der Waals surface area contributed by atoms with Gasteiger partial charge >= 0.3 is 17.9 Å². The molecular formula is C27H24O8. The normalized spacial score (nSPS) is 23.7. The number of aliphatic hydroxyl groups is 1. The molecule has 8 heteroatoms. The van der Waals surface area contributed by atoms with Crippen molar-refractivity contribution < 1.29 is 38.4 Å². The van der Waals surface area contributed by atoms with Gasteiger partial charge in [-0.05, 0) is 43.3 Å². The number of aliphatic hydroxyl groups excluding tert-OH is 1. The van der Waals surface area contributed by atoms with E-state index in [1.807, 2.05) is 0 Å². The lowest BCUT2D eigenvalue weighted by Crippen LogP contribution is -2.60. The van der Waals surface area contributed by atoms with Crippen LogP contribution in [0.3, 0.4) is 0 Å². The molecule has 0 aliphatic carbocycles. The second-order valence-corrected chi connectivity index (χ2v) is 7.94. The van der Waals surface area contributed by atoms with Gasteiger partial charge < -0.3 is 24.1 Å². The molecule has 0 radical (unpaired) electrons. The summed E-state index contributed by atoms with van der Waals surface area (Å²) in [6, 6.07) is 24.6. The molecule has 0 spiro atoms. The molecule has 4 rings (SSSR count). The lowest BCUT2D eigenvalue weighted by atomic mass is 9.98. The van der Waals surface area contributed by atoms with Gasteiger partial charge in [0.25, 0.3) is 0 Å². The van der Waals surface area contributed by atoms with Crippen molar-refractivity contribution in [2.24, 2.45) is 0 Å². The first kappa shape index (κ1) is 24.1. The van der Waals surface area contributed by atoms with Crippen LogP contribution in [0.4, 0.5) is 0 Å². The summed E-state index contributed by atoms with van der Waals surface area (Å²) < 4.78 is 22.4. The van der Waals surface area contributed by atoms with E-state index in [9.17, 15) is 19.5 Å². The number of hydrogen-bond donors (Lipinski definition) is 1. The zero-order valence-corrected chi connectivity index (χ0v) is 18.9. The van der Waals surface area contributed by atoms with E-state index in [1.165, 1.54) is 0 Å². The van der Waals surface area contributed by atoms with Gasteiger partial charge in [0.15, 0.2) is 24.6 Å². The Bertz CT molecular complexity index is 1080. The number of benzene rings is 3. The number of hydrogen-bond acceptors (Lipinski definition) is 8. The predicted molar refractivity (Wildman–Crippen MR) is 123 cm³/mol. The lowest BCUT2D eigenvalue weighted by molar-refractivity contribution is -0.275. The Labute approximate surface area is 202 Å². The number of esters is 3. The van der Waals surface area contributed by atoms with Crippen molar-refractivity contribution in [1.82, 2.24) is 0 Å². The third kappa shape index (κ3) is 5.74. The van der Waals surface area contributed by atoms with Crippen LogP contribution in [0.5, 0.6) is 0 Å². The molecule has 1 saturated heterocycles. The molecule has 8 nitrogen and oxygen atoms in total. The SMILES string of the molecule is C[C@H]1O[C@H](O)[C@H](OC(=O)c2ccccc2)[C@@H](OC(=O)c2ccccc2)[C@@H]1OC(=O)c1ccccc1. The minimum absolute atomic E-state index is 0.226. The molecule has 3 aromatic carbocycles. The number of rotatable bonds is 6. The van der Waals surface area contributed by atoms with Crippen LogP contribution in [0.1, 0.15) is 38.0 Å². The first-order chi connectivity index (χ1) is 16.9. The molecule has 0 aromatic heterocycles. The van der Waals surface area contributed by atoms with Crippen LogP contribution in [0.25, 0.3) is 0 Å². The monoisotopic (exact) mass is 476 g/mol. The van der Waals surface area contributed by atoms with E-state index >= 15 is 0 Å². The molecule has 1 N–H and O–H groups in total. The Morgan fingerprint density at radius 1 is 0.600 bits per heavy atom. The van der Waals surface area contributed by atoms with Gasteiger partial charge in [0.1, 0.15) is 0 Å². The van der Waals surface area contributed by atoms with Crippen molar-refractivity contribution in [2.45, 2.75) is 37.6 Å². The second-order valence-electron chi connectivity index (χ2n) is 7.94. The molecule has 1 fully saturated rings. The summed E-state index contributed by atoms with van der Waals surface area (Å²) >= 11 is 0. The molecule has 0 amide bonds. The van der Waals surface area contributed by atoms with Gasteiger partial charge in [-0.1, -0.05) is 54.6 Å². The first-order valence-corrected chi connectivity index (χ1v) is 11.1. The van der Waals surface area contributed by atoms with Crippen LogP contribution in [0.15, 0.2) is 91.0 Å². The van der Waals surface area contributed by atoms with E-state index in [-0.39, 0.29) is 16.7 Å². The van der Waals surface area contributed by atoms with Crippen LogP contribution < -0.4 is 0 Å². The van der Waals surface area contributed by atoms with Crippen LogP contribution in [0.2, 0.25) is 0 Å². The van der Waals surface area contributed by atoms with Gasteiger partial charge in [0.05, 0.1) is 22.8 Å². The molecule has 0 saturated carbocycles. The summed E-state index contributed by atoms with van der Waals surface area (Å²) in [6.07, 6.45) is -6.48. The maximum Gasteiger partial charge on any atom is 0.338 e. The topological polar surface area (TPSA) is 108 Å². The molecular weight excluding hydrogens is 452 g/mol. The molecule has 1 aliphatic rings. The average Bonchev–Trinajstić information content (AvgIpc) is 2.89. The Kier molecular flexibility index (Phi) is 7.54. The highest BCUT2D eigenvalue weighted by Gasteiger charge is 2.50. The van der Waals surface area contributed by atoms with Gasteiger partial charge in [0, 0.05) is 0 Å². The highest BCUT2D eigenvalue weighted by Crippen LogP contribution is 2.29. The maximum absolute atomic E-state index is 12.9. The number of ether oxygens (including phenoxy) is 4. The van der Waals surface area contributed by atoms with Crippen molar-refractivity contribution in [2.75, 3.05) is 0 Å². The Morgan fingerprint density at radius 3 is 1.34 bits per heavy atom. The molecule has 35 heavy (non-hydrogen) atoms. The standard InChI is InChI=1S/C27H24O8/c1-17-21(33-24(28)18-11-5-2-6-12-18)22(34-25(29)19-13-7-3-8-14-19)23(27(31)32-17)35-26(30)20-15-9-4-10-16-20/h2-17,21-23,27,31H,1H3/t17-,21-,22+,23-,27+/m1/s1. The molecule has 1 aliphatic heterocycles. The van der Waals surface area contributed by atoms with Gasteiger partial charge in [-0.3, -0.25) is 0 Å². The van der Waals surface area contributed by atoms with Crippen molar-refractivity contribution in [3.8, 4) is 0 Å². The van der Waals surface area contributed by atoms with Crippen LogP contribution >= 0.6 is 0 Å². The van der Waals surface area contributed by atoms with Gasteiger partial charge in [-0.25, -0.2) is 14.4 Å². The summed E-state index contributed by atoms with van der Waals surface area (Å²) in [4.78, 5) is 38.5. The minimum Gasteiger partial charge on any atom is -0.452 e.